The lowest BCUT2D eigenvalue weighted by molar-refractivity contribution is 1.18. The molecular weight excluding hydrogens is 1350 g/mol. The van der Waals surface area contributed by atoms with Gasteiger partial charge in [0.1, 0.15) is 0 Å². The topological polar surface area (TPSA) is 92.1 Å². The van der Waals surface area contributed by atoms with Crippen LogP contribution < -0.4 is 0 Å². The molecule has 0 N–H and O–H groups in total. The van der Waals surface area contributed by atoms with Crippen LogP contribution in [-0.4, -0.2) is 43.6 Å². The largest absolute Gasteiger partial charge is 0.309 e. The van der Waals surface area contributed by atoms with Crippen LogP contribution in [0.4, 0.5) is 0 Å². The summed E-state index contributed by atoms with van der Waals surface area (Å²) < 4.78 is 7.12. The molecule has 9 heteroatoms. The average Bonchev–Trinajstić information content (AvgIpc) is 1.73. The second-order valence-corrected chi connectivity index (χ2v) is 28.4. The smallest absolute Gasteiger partial charge is 0.0971 e. The second-order valence-electron chi connectivity index (χ2n) is 28.4. The first-order valence-electron chi connectivity index (χ1n) is 37.5. The molecule has 0 aliphatic rings. The lowest BCUT2D eigenvalue weighted by Crippen LogP contribution is -1.97. The standard InChI is InChI=1S/3C34H21N3/c1-2-13-27-24(10-1)29-21-22(17-18-28(29)34-33(27)35-19-20-36-34)23-9-3-6-14-30(23)37-31-15-7-4-11-25(31)26-12-5-8-16-32(26)37;1-2-13-28-25(10-1)30-21-23(16-17-29(30)34-33(28)35-18-19-36-34)22-8-7-9-24(20-22)37-31-14-5-3-11-26(31)27-12-4-6-15-32(27)37;1-2-10-28-25(7-1)30-21-23(15-18-29(30)34-33(28)35-19-20-36-34)22-13-16-24(17-14-22)37-31-11-5-3-8-26(31)27-9-4-6-12-32(27)37/h3*1-21H. The van der Waals surface area contributed by atoms with Gasteiger partial charge in [0.2, 0.25) is 0 Å². The molecule has 0 amide bonds. The van der Waals surface area contributed by atoms with Gasteiger partial charge in [-0.3, -0.25) is 29.9 Å². The van der Waals surface area contributed by atoms with Gasteiger partial charge in [-0.2, -0.15) is 0 Å². The van der Waals surface area contributed by atoms with Gasteiger partial charge in [-0.1, -0.05) is 261 Å². The summed E-state index contributed by atoms with van der Waals surface area (Å²) in [6.07, 6.45) is 10.7. The summed E-state index contributed by atoms with van der Waals surface area (Å²) in [5.74, 6) is 0. The van der Waals surface area contributed by atoms with E-state index >= 15 is 0 Å². The molecule has 0 spiro atoms. The number of rotatable bonds is 6. The third-order valence-electron chi connectivity index (χ3n) is 22.4. The Hall–Kier alpha value is -15.1. The molecule has 111 heavy (non-hydrogen) atoms. The molecule has 0 aliphatic heterocycles. The van der Waals surface area contributed by atoms with Gasteiger partial charge in [0, 0.05) is 119 Å². The van der Waals surface area contributed by atoms with Crippen LogP contribution in [0.15, 0.2) is 383 Å². The highest BCUT2D eigenvalue weighted by atomic mass is 15.0. The molecule has 6 aromatic heterocycles. The van der Waals surface area contributed by atoms with Crippen molar-refractivity contribution in [2.45, 2.75) is 0 Å². The molecule has 0 fully saturated rings. The quantitative estimate of drug-likeness (QED) is 0.154. The summed E-state index contributed by atoms with van der Waals surface area (Å²) in [6.45, 7) is 0. The van der Waals surface area contributed by atoms with Crippen molar-refractivity contribution in [2.24, 2.45) is 0 Å². The molecule has 24 aromatic rings. The number of hydrogen-bond acceptors (Lipinski definition) is 6. The Kier molecular flexibility index (Phi) is 14.7. The Morgan fingerprint density at radius 2 is 0.423 bits per heavy atom. The van der Waals surface area contributed by atoms with Crippen molar-refractivity contribution >= 4 is 163 Å². The van der Waals surface area contributed by atoms with E-state index < -0.39 is 0 Å². The van der Waals surface area contributed by atoms with E-state index in [1.807, 2.05) is 0 Å². The Balaban J connectivity index is 0.000000102. The highest BCUT2D eigenvalue weighted by molar-refractivity contribution is 6.26. The van der Waals surface area contributed by atoms with Crippen LogP contribution in [0.25, 0.3) is 214 Å². The van der Waals surface area contributed by atoms with Crippen molar-refractivity contribution in [3.8, 4) is 50.4 Å². The van der Waals surface area contributed by atoms with Crippen molar-refractivity contribution in [3.05, 3.63) is 383 Å². The molecule has 18 aromatic carbocycles. The fraction of sp³-hybridized carbons (Fsp3) is 0. The van der Waals surface area contributed by atoms with Crippen LogP contribution in [0.5, 0.6) is 0 Å². The Labute approximate surface area is 636 Å². The molecule has 0 aliphatic carbocycles. The third kappa shape index (κ3) is 10.2. The van der Waals surface area contributed by atoms with E-state index in [-0.39, 0.29) is 0 Å². The second kappa shape index (κ2) is 25.9. The third-order valence-corrected chi connectivity index (χ3v) is 22.4. The number of benzene rings is 18. The first-order chi connectivity index (χ1) is 55.1. The van der Waals surface area contributed by atoms with Crippen molar-refractivity contribution in [1.82, 2.24) is 43.6 Å². The van der Waals surface area contributed by atoms with Gasteiger partial charge >= 0.3 is 0 Å². The van der Waals surface area contributed by atoms with Crippen LogP contribution in [0.2, 0.25) is 0 Å². The number of para-hydroxylation sites is 7. The highest BCUT2D eigenvalue weighted by Crippen LogP contribution is 2.43. The van der Waals surface area contributed by atoms with Crippen molar-refractivity contribution < 1.29 is 0 Å². The van der Waals surface area contributed by atoms with E-state index in [0.717, 1.165) is 76.8 Å². The summed E-state index contributed by atoms with van der Waals surface area (Å²) in [4.78, 5) is 28.1. The van der Waals surface area contributed by atoms with E-state index in [2.05, 4.69) is 379 Å². The minimum atomic E-state index is 0.943. The number of fused-ring (bicyclic) bond motifs is 27. The zero-order valence-electron chi connectivity index (χ0n) is 59.9. The van der Waals surface area contributed by atoms with E-state index in [0.29, 0.717) is 0 Å². The van der Waals surface area contributed by atoms with Gasteiger partial charge in [0.05, 0.1) is 71.9 Å². The summed E-state index contributed by atoms with van der Waals surface area (Å²) >= 11 is 0. The highest BCUT2D eigenvalue weighted by Gasteiger charge is 2.21. The molecule has 6 heterocycles. The zero-order chi connectivity index (χ0) is 73.0. The summed E-state index contributed by atoms with van der Waals surface area (Å²) in [5.41, 5.74) is 23.6. The van der Waals surface area contributed by atoms with Crippen molar-refractivity contribution in [2.75, 3.05) is 0 Å². The fourth-order valence-electron chi connectivity index (χ4n) is 17.5. The maximum absolute atomic E-state index is 4.72. The Morgan fingerprint density at radius 1 is 0.153 bits per heavy atom. The predicted molar refractivity (Wildman–Crippen MR) is 463 cm³/mol. The van der Waals surface area contributed by atoms with Crippen LogP contribution >= 0.6 is 0 Å². The average molecular weight is 1410 g/mol. The van der Waals surface area contributed by atoms with Gasteiger partial charge < -0.3 is 13.7 Å². The van der Waals surface area contributed by atoms with E-state index in [4.69, 9.17) is 9.97 Å². The fourth-order valence-corrected chi connectivity index (χ4v) is 17.5. The first kappa shape index (κ1) is 63.2. The summed E-state index contributed by atoms with van der Waals surface area (Å²) in [7, 11) is 0. The summed E-state index contributed by atoms with van der Waals surface area (Å²) in [6, 6.07) is 124. The van der Waals surface area contributed by atoms with Crippen LogP contribution in [0.1, 0.15) is 0 Å². The maximum Gasteiger partial charge on any atom is 0.0971 e. The Bertz CT molecular complexity index is 7660. The lowest BCUT2D eigenvalue weighted by Gasteiger charge is -2.15. The molecule has 0 unspecified atom stereocenters. The summed E-state index contributed by atoms with van der Waals surface area (Å²) in [5, 5.41) is 21.6. The SMILES string of the molecule is c1cc(-c2ccc3c(c2)c2ccccc2c2nccnc32)cc(-n2c3ccccc3c3ccccc32)c1.c1ccc(-n2c3ccccc3c3ccccc32)c(-c2ccc3c(c2)c2ccccc2c2nccnc32)c1.c1ccc2c(c1)c1cc(-c3ccc(-n4c5ccccc5c5ccccc54)cc3)ccc1c1nccnc21. The van der Waals surface area contributed by atoms with Gasteiger partial charge in [-0.15, -0.1) is 0 Å². The van der Waals surface area contributed by atoms with Gasteiger partial charge in [-0.25, -0.2) is 0 Å². The predicted octanol–water partition coefficient (Wildman–Crippen LogP) is 26.1. The molecular formula is C102H63N9. The zero-order valence-corrected chi connectivity index (χ0v) is 59.9. The monoisotopic (exact) mass is 1410 g/mol. The van der Waals surface area contributed by atoms with Crippen LogP contribution in [0.3, 0.4) is 0 Å². The van der Waals surface area contributed by atoms with Crippen LogP contribution in [-0.2, 0) is 0 Å². The molecule has 0 saturated heterocycles. The molecule has 0 radical (unpaired) electrons. The van der Waals surface area contributed by atoms with Gasteiger partial charge in [0.15, 0.2) is 0 Å². The number of hydrogen-bond donors (Lipinski definition) is 0. The molecule has 24 rings (SSSR count). The van der Waals surface area contributed by atoms with Gasteiger partial charge in [-0.05, 0) is 145 Å². The number of aromatic nitrogens is 9. The molecule has 0 atom stereocenters. The number of nitrogens with zero attached hydrogens (tertiary/aromatic N) is 9. The molecule has 516 valence electrons. The first-order valence-corrected chi connectivity index (χ1v) is 37.5. The maximum atomic E-state index is 4.72. The van der Waals surface area contributed by atoms with E-state index in [9.17, 15) is 0 Å². The van der Waals surface area contributed by atoms with Crippen molar-refractivity contribution in [1.29, 1.82) is 0 Å². The lowest BCUT2D eigenvalue weighted by atomic mass is 9.95. The van der Waals surface area contributed by atoms with Crippen molar-refractivity contribution in [3.63, 3.8) is 0 Å². The van der Waals surface area contributed by atoms with Gasteiger partial charge in [0.25, 0.3) is 0 Å². The normalized spacial score (nSPS) is 11.8. The molecule has 9 nitrogen and oxygen atoms in total. The van der Waals surface area contributed by atoms with E-state index in [1.54, 1.807) is 37.2 Å². The minimum absolute atomic E-state index is 0.943. The molecule has 0 bridgehead atoms. The van der Waals surface area contributed by atoms with E-state index in [1.165, 1.54) is 137 Å². The minimum Gasteiger partial charge on any atom is -0.309 e. The van der Waals surface area contributed by atoms with Crippen LogP contribution in [0, 0.1) is 0 Å². The Morgan fingerprint density at radius 3 is 0.811 bits per heavy atom. The molecule has 0 saturated carbocycles.